The fraction of sp³-hybridized carbons (Fsp3) is 0.974. The van der Waals surface area contributed by atoms with Crippen LogP contribution >= 0.6 is 10.0 Å². The minimum absolute atomic E-state index is 0.146. The predicted octanol–water partition coefficient (Wildman–Crippen LogP) is 6.72. The largest absolute Gasteiger partial charge is 0.394 e. The molecule has 7 atom stereocenters. The van der Waals surface area contributed by atoms with E-state index in [0.29, 0.717) is 19.3 Å². The van der Waals surface area contributed by atoms with Gasteiger partial charge >= 0.3 is 0 Å². The third-order valence-electron chi connectivity index (χ3n) is 10.1. The summed E-state index contributed by atoms with van der Waals surface area (Å²) in [4.78, 5) is 12.7. The third kappa shape index (κ3) is 22.3. The first-order chi connectivity index (χ1) is 23.6. The number of hydrogen-bond acceptors (Lipinski definition) is 8. The molecule has 294 valence electrons. The number of carbonyl (C=O) groups excluding carboxylic acids is 1. The van der Waals surface area contributed by atoms with Gasteiger partial charge in [-0.1, -0.05) is 129 Å². The van der Waals surface area contributed by atoms with Gasteiger partial charge < -0.3 is 40.3 Å². The molecule has 0 aliphatic carbocycles. The second-order valence-electron chi connectivity index (χ2n) is 15.2. The smallest absolute Gasteiger partial charge is 0.220 e. The van der Waals surface area contributed by atoms with Crippen LogP contribution in [-0.4, -0.2) is 112 Å². The summed E-state index contributed by atoms with van der Waals surface area (Å²) in [5.41, 5.74) is 0. The summed E-state index contributed by atoms with van der Waals surface area (Å²) >= 11 is 0. The summed E-state index contributed by atoms with van der Waals surface area (Å²) in [7, 11) is -0.523. The molecule has 1 rings (SSSR count). The standard InChI is InChI=1S/C39H79NO8S/c1-5-7-8-9-10-11-12-13-14-15-16-17-18-21-24-28-49(3,4)29-25-22-19-20-23-27-35(43)40-32(33(42)26-6-2)31-47-39-38(46)37(45)36(44)34(30-41)48-39/h32-34,36-39,41-42,44-46H,5-31H2,1-4H3,(H,40,43)/t32-,33+,34?,36?,37?,38?,39?/m0/s1. The number of aliphatic hydroxyl groups excluding tert-OH is 5. The van der Waals surface area contributed by atoms with Gasteiger partial charge in [-0.05, 0) is 49.7 Å². The van der Waals surface area contributed by atoms with Crippen molar-refractivity contribution in [2.24, 2.45) is 0 Å². The van der Waals surface area contributed by atoms with Gasteiger partial charge in [-0.25, -0.2) is 10.0 Å². The van der Waals surface area contributed by atoms with Crippen LogP contribution in [0.4, 0.5) is 0 Å². The van der Waals surface area contributed by atoms with Gasteiger partial charge in [0.2, 0.25) is 5.91 Å². The van der Waals surface area contributed by atoms with E-state index in [1.807, 2.05) is 6.92 Å². The molecular weight excluding hydrogens is 642 g/mol. The van der Waals surface area contributed by atoms with Crippen LogP contribution in [0.2, 0.25) is 0 Å². The number of amides is 1. The Labute approximate surface area is 302 Å². The zero-order chi connectivity index (χ0) is 36.3. The quantitative estimate of drug-likeness (QED) is 0.0420. The fourth-order valence-corrected chi connectivity index (χ4v) is 8.88. The lowest BCUT2D eigenvalue weighted by atomic mass is 9.99. The second kappa shape index (κ2) is 29.0. The first-order valence-electron chi connectivity index (χ1n) is 20.1. The van der Waals surface area contributed by atoms with E-state index in [1.165, 1.54) is 121 Å². The highest BCUT2D eigenvalue weighted by molar-refractivity contribution is 8.32. The molecule has 1 heterocycles. The van der Waals surface area contributed by atoms with Crippen LogP contribution in [0.25, 0.3) is 0 Å². The van der Waals surface area contributed by atoms with Crippen molar-refractivity contribution in [1.82, 2.24) is 5.32 Å². The second-order valence-corrected chi connectivity index (χ2v) is 19.6. The van der Waals surface area contributed by atoms with Gasteiger partial charge in [0.1, 0.15) is 24.4 Å². The molecule has 9 nitrogen and oxygen atoms in total. The summed E-state index contributed by atoms with van der Waals surface area (Å²) in [6.07, 6.45) is 25.2. The molecule has 1 aliphatic rings. The molecule has 5 unspecified atom stereocenters. The number of carbonyl (C=O) groups is 1. The Hall–Kier alpha value is -0.460. The topological polar surface area (TPSA) is 149 Å². The molecule has 0 spiro atoms. The molecule has 1 fully saturated rings. The minimum Gasteiger partial charge on any atom is -0.394 e. The average molecular weight is 722 g/mol. The van der Waals surface area contributed by atoms with E-state index in [-0.39, 0.29) is 12.5 Å². The third-order valence-corrected chi connectivity index (χ3v) is 12.9. The monoisotopic (exact) mass is 722 g/mol. The van der Waals surface area contributed by atoms with Crippen molar-refractivity contribution in [3.8, 4) is 0 Å². The van der Waals surface area contributed by atoms with E-state index in [9.17, 15) is 30.3 Å². The zero-order valence-electron chi connectivity index (χ0n) is 32.0. The summed E-state index contributed by atoms with van der Waals surface area (Å²) in [6, 6.07) is -0.713. The van der Waals surface area contributed by atoms with Crippen LogP contribution in [0.15, 0.2) is 0 Å². The summed E-state index contributed by atoms with van der Waals surface area (Å²) in [5.74, 6) is 2.56. The molecule has 1 aliphatic heterocycles. The highest BCUT2D eigenvalue weighted by Gasteiger charge is 2.44. The molecular formula is C39H79NO8S. The maximum Gasteiger partial charge on any atom is 0.220 e. The Kier molecular flexibility index (Phi) is 27.6. The lowest BCUT2D eigenvalue weighted by Gasteiger charge is -2.40. The van der Waals surface area contributed by atoms with E-state index < -0.39 is 59.5 Å². The maximum absolute atomic E-state index is 12.7. The van der Waals surface area contributed by atoms with Gasteiger partial charge in [0.25, 0.3) is 0 Å². The van der Waals surface area contributed by atoms with Gasteiger partial charge in [0.15, 0.2) is 6.29 Å². The fourth-order valence-electron chi connectivity index (χ4n) is 6.70. The van der Waals surface area contributed by atoms with Crippen LogP contribution < -0.4 is 5.32 Å². The predicted molar refractivity (Wildman–Crippen MR) is 204 cm³/mol. The SMILES string of the molecule is CCCCCCCCCCCCCCCCCS(C)(C)CCCCCCCC(=O)N[C@@H](COC1OC(CO)C(O)C(O)C1O)[C@H](O)CCC. The van der Waals surface area contributed by atoms with Gasteiger partial charge in [-0.2, -0.15) is 0 Å². The number of aliphatic hydroxyl groups is 5. The van der Waals surface area contributed by atoms with Crippen molar-refractivity contribution in [3.05, 3.63) is 0 Å². The molecule has 0 aromatic carbocycles. The molecule has 0 radical (unpaired) electrons. The highest BCUT2D eigenvalue weighted by atomic mass is 32.3. The normalized spacial score (nSPS) is 23.0. The van der Waals surface area contributed by atoms with Crippen LogP contribution in [0.3, 0.4) is 0 Å². The van der Waals surface area contributed by atoms with E-state index in [0.717, 1.165) is 19.3 Å². The lowest BCUT2D eigenvalue weighted by molar-refractivity contribution is -0.302. The van der Waals surface area contributed by atoms with E-state index in [4.69, 9.17) is 9.47 Å². The number of ether oxygens (including phenoxy) is 2. The number of rotatable bonds is 32. The van der Waals surface area contributed by atoms with E-state index >= 15 is 0 Å². The summed E-state index contributed by atoms with van der Waals surface area (Å²) in [6.45, 7) is 3.52. The van der Waals surface area contributed by atoms with Crippen molar-refractivity contribution in [1.29, 1.82) is 0 Å². The van der Waals surface area contributed by atoms with Crippen molar-refractivity contribution >= 4 is 15.9 Å². The molecule has 0 aromatic heterocycles. The van der Waals surface area contributed by atoms with Crippen molar-refractivity contribution in [2.75, 3.05) is 37.2 Å². The van der Waals surface area contributed by atoms with Gasteiger partial charge in [-0.3, -0.25) is 4.79 Å². The molecule has 10 heteroatoms. The van der Waals surface area contributed by atoms with Crippen LogP contribution in [0, 0.1) is 0 Å². The van der Waals surface area contributed by atoms with Crippen LogP contribution in [-0.2, 0) is 14.3 Å². The Balaban J connectivity index is 2.12. The number of unbranched alkanes of at least 4 members (excludes halogenated alkanes) is 18. The van der Waals surface area contributed by atoms with Crippen molar-refractivity contribution in [2.45, 2.75) is 204 Å². The molecule has 1 amide bonds. The number of nitrogens with one attached hydrogen (secondary N) is 1. The first-order valence-corrected chi connectivity index (χ1v) is 22.9. The Morgan fingerprint density at radius 2 is 1.16 bits per heavy atom. The van der Waals surface area contributed by atoms with Crippen molar-refractivity contribution in [3.63, 3.8) is 0 Å². The zero-order valence-corrected chi connectivity index (χ0v) is 32.8. The molecule has 6 N–H and O–H groups in total. The number of hydrogen-bond donors (Lipinski definition) is 6. The van der Waals surface area contributed by atoms with Gasteiger partial charge in [0.05, 0.1) is 25.4 Å². The van der Waals surface area contributed by atoms with Crippen LogP contribution in [0.1, 0.15) is 162 Å². The highest BCUT2D eigenvalue weighted by Crippen LogP contribution is 2.42. The Bertz CT molecular complexity index is 788. The maximum atomic E-state index is 12.7. The van der Waals surface area contributed by atoms with Crippen LogP contribution in [0.5, 0.6) is 0 Å². The Morgan fingerprint density at radius 3 is 1.63 bits per heavy atom. The molecule has 0 saturated carbocycles. The van der Waals surface area contributed by atoms with Crippen molar-refractivity contribution < 1.29 is 39.8 Å². The molecule has 0 aromatic rings. The summed E-state index contributed by atoms with van der Waals surface area (Å²) in [5, 5.41) is 53.1. The van der Waals surface area contributed by atoms with Gasteiger partial charge in [-0.15, -0.1) is 0 Å². The van der Waals surface area contributed by atoms with Gasteiger partial charge in [0, 0.05) is 6.42 Å². The Morgan fingerprint density at radius 1 is 0.694 bits per heavy atom. The van der Waals surface area contributed by atoms with E-state index in [1.54, 1.807) is 0 Å². The summed E-state index contributed by atoms with van der Waals surface area (Å²) < 4.78 is 11.0. The van der Waals surface area contributed by atoms with E-state index in [2.05, 4.69) is 24.8 Å². The molecule has 49 heavy (non-hydrogen) atoms. The minimum atomic E-state index is -1.55. The molecule has 0 bridgehead atoms. The first kappa shape index (κ1) is 46.6. The molecule has 1 saturated heterocycles. The average Bonchev–Trinajstić information content (AvgIpc) is 3.07. The lowest BCUT2D eigenvalue weighted by Crippen LogP contribution is -2.60.